The number of halogens is 2. The van der Waals surface area contributed by atoms with E-state index in [9.17, 15) is 18.4 Å². The van der Waals surface area contributed by atoms with Gasteiger partial charge in [0, 0.05) is 12.6 Å². The Bertz CT molecular complexity index is 1560. The van der Waals surface area contributed by atoms with Crippen molar-refractivity contribution in [2.75, 3.05) is 46.3 Å². The van der Waals surface area contributed by atoms with Crippen molar-refractivity contribution in [3.05, 3.63) is 88.0 Å². The van der Waals surface area contributed by atoms with E-state index >= 15 is 0 Å². The fourth-order valence-electron chi connectivity index (χ4n) is 6.71. The molecule has 0 spiro atoms. The monoisotopic (exact) mass is 831 g/mol. The van der Waals surface area contributed by atoms with E-state index in [0.29, 0.717) is 31.4 Å². The molecule has 0 amide bonds. The van der Waals surface area contributed by atoms with Crippen LogP contribution < -0.4 is 19.5 Å². The van der Waals surface area contributed by atoms with Gasteiger partial charge in [0.25, 0.3) is 0 Å². The van der Waals surface area contributed by atoms with Crippen LogP contribution in [0.3, 0.4) is 0 Å². The number of carbonyl (C=O) groups excluding carboxylic acids is 1. The van der Waals surface area contributed by atoms with Crippen LogP contribution >= 0.6 is 11.8 Å². The number of carbonyl (C=O) groups is 2. The molecule has 3 aromatic carbocycles. The Labute approximate surface area is 352 Å². The number of aldehydes is 1. The first-order valence-electron chi connectivity index (χ1n) is 21.2. The molecule has 0 saturated carbocycles. The Morgan fingerprint density at radius 3 is 2.14 bits per heavy atom. The third-order valence-corrected chi connectivity index (χ3v) is 10.3. The summed E-state index contributed by atoms with van der Waals surface area (Å²) in [6, 6.07) is 14.9. The number of unbranched alkanes of at least 4 members (excludes halogenated alkanes) is 2. The van der Waals surface area contributed by atoms with Crippen molar-refractivity contribution in [3.8, 4) is 17.2 Å². The molecule has 2 heterocycles. The summed E-state index contributed by atoms with van der Waals surface area (Å²) in [5.74, 6) is 1.81. The van der Waals surface area contributed by atoms with Gasteiger partial charge in [0.1, 0.15) is 17.9 Å². The predicted octanol–water partition coefficient (Wildman–Crippen LogP) is 12.1. The summed E-state index contributed by atoms with van der Waals surface area (Å²) in [5.41, 5.74) is 5.78. The van der Waals surface area contributed by atoms with Crippen LogP contribution in [0.5, 0.6) is 17.2 Å². The molecule has 2 N–H and O–H groups in total. The standard InChI is InChI=1S/C22H24FNO4.C15H23F.C6H15N.C2H4O2S.C2H6/c1-2-9-26-18-5-3-15(4-6-18)20-11-17(13-24(20)7-8-25)16-10-19(23)22-21(12-16)27-14-28-22;1-5-11(4)8-15-12(6-2)9-14(16)10-13(15)7-3;1-3-4-5-6-7-2;1-5-2(3)4;1-2/h3-6,8,10,12,17,20H,2,7,9,11,13-14H2,1H3;9-11H,5-8H2,1-4H3;7H,3-6H2,1-2H3;1H3,(H,3,4);1-2H3/t17-,20?;;;;/m1..../s1. The molecule has 0 aliphatic carbocycles. The predicted molar refractivity (Wildman–Crippen MR) is 237 cm³/mol. The van der Waals surface area contributed by atoms with Crippen molar-refractivity contribution in [1.82, 2.24) is 10.2 Å². The van der Waals surface area contributed by atoms with Crippen LogP contribution in [0, 0.1) is 17.6 Å². The Kier molecular flexibility index (Phi) is 27.4. The molecule has 2 aliphatic rings. The van der Waals surface area contributed by atoms with E-state index in [0.717, 1.165) is 67.0 Å². The molecular formula is C47H72F2N2O6S. The Hall–Kier alpha value is -3.67. The van der Waals surface area contributed by atoms with Crippen molar-refractivity contribution < 1.29 is 37.7 Å². The largest absolute Gasteiger partial charge is 0.494 e. The third kappa shape index (κ3) is 18.1. The highest BCUT2D eigenvalue weighted by Gasteiger charge is 2.35. The minimum atomic E-state index is -0.829. The normalized spacial score (nSPS) is 15.6. The molecular weight excluding hydrogens is 759 g/mol. The number of thioether (sulfide) groups is 1. The van der Waals surface area contributed by atoms with Gasteiger partial charge in [-0.15, -0.1) is 0 Å². The van der Waals surface area contributed by atoms with Gasteiger partial charge in [0.05, 0.1) is 13.2 Å². The molecule has 1 saturated heterocycles. The maximum Gasteiger partial charge on any atom is 0.364 e. The van der Waals surface area contributed by atoms with Crippen molar-refractivity contribution >= 4 is 23.3 Å². The molecule has 326 valence electrons. The Morgan fingerprint density at radius 2 is 1.62 bits per heavy atom. The van der Waals surface area contributed by atoms with E-state index in [1.165, 1.54) is 61.2 Å². The lowest BCUT2D eigenvalue weighted by atomic mass is 9.89. The number of hydrogen-bond acceptors (Lipinski definition) is 8. The van der Waals surface area contributed by atoms with Crippen LogP contribution in [-0.4, -0.2) is 67.9 Å². The second kappa shape index (κ2) is 30.4. The molecule has 5 rings (SSSR count). The van der Waals surface area contributed by atoms with Gasteiger partial charge in [0.15, 0.2) is 11.6 Å². The average Bonchev–Trinajstić information content (AvgIpc) is 3.90. The summed E-state index contributed by atoms with van der Waals surface area (Å²) in [4.78, 5) is 22.7. The van der Waals surface area contributed by atoms with E-state index in [1.54, 1.807) is 12.1 Å². The summed E-state index contributed by atoms with van der Waals surface area (Å²) < 4.78 is 43.9. The molecule has 3 aromatic rings. The van der Waals surface area contributed by atoms with Crippen LogP contribution in [0.1, 0.15) is 134 Å². The van der Waals surface area contributed by atoms with Gasteiger partial charge in [0.2, 0.25) is 12.5 Å². The molecule has 2 aliphatic heterocycles. The van der Waals surface area contributed by atoms with E-state index in [1.807, 2.05) is 39.1 Å². The summed E-state index contributed by atoms with van der Waals surface area (Å²) in [6.07, 6.45) is 12.3. The maximum absolute atomic E-state index is 14.3. The van der Waals surface area contributed by atoms with E-state index in [2.05, 4.69) is 63.9 Å². The van der Waals surface area contributed by atoms with Crippen LogP contribution in [-0.2, 0) is 24.1 Å². The minimum absolute atomic E-state index is 0.0483. The van der Waals surface area contributed by atoms with Gasteiger partial charge in [-0.3, -0.25) is 4.90 Å². The highest BCUT2D eigenvalue weighted by Crippen LogP contribution is 2.44. The number of benzene rings is 3. The summed E-state index contributed by atoms with van der Waals surface area (Å²) in [7, 11) is 2.00. The molecule has 8 nitrogen and oxygen atoms in total. The molecule has 58 heavy (non-hydrogen) atoms. The second-order valence-corrected chi connectivity index (χ2v) is 14.9. The van der Waals surface area contributed by atoms with Gasteiger partial charge >= 0.3 is 5.30 Å². The van der Waals surface area contributed by atoms with Gasteiger partial charge in [-0.1, -0.05) is 86.8 Å². The summed E-state index contributed by atoms with van der Waals surface area (Å²) in [5, 5.41) is 9.96. The lowest BCUT2D eigenvalue weighted by Crippen LogP contribution is -2.25. The Morgan fingerprint density at radius 1 is 0.983 bits per heavy atom. The van der Waals surface area contributed by atoms with Crippen molar-refractivity contribution in [2.45, 2.75) is 125 Å². The summed E-state index contributed by atoms with van der Waals surface area (Å²) in [6.45, 7) is 19.9. The van der Waals surface area contributed by atoms with Gasteiger partial charge in [-0.2, -0.15) is 0 Å². The molecule has 2 unspecified atom stereocenters. The number of nitrogens with zero attached hydrogens (tertiary/aromatic N) is 1. The van der Waals surface area contributed by atoms with Crippen LogP contribution in [0.15, 0.2) is 48.5 Å². The first kappa shape index (κ1) is 52.3. The molecule has 0 bridgehead atoms. The van der Waals surface area contributed by atoms with E-state index in [-0.39, 0.29) is 30.3 Å². The molecule has 0 aromatic heterocycles. The first-order chi connectivity index (χ1) is 28.0. The average molecular weight is 831 g/mol. The quantitative estimate of drug-likeness (QED) is 0.108. The van der Waals surface area contributed by atoms with Crippen molar-refractivity contribution in [3.63, 3.8) is 0 Å². The van der Waals surface area contributed by atoms with E-state index < -0.39 is 11.1 Å². The zero-order valence-corrected chi connectivity index (χ0v) is 37.7. The highest BCUT2D eigenvalue weighted by molar-refractivity contribution is 8.12. The SMILES string of the molecule is CC.CCCCCNC.CCCOc1ccc(C2C[C@@H](c3cc(F)c4c(c3)OCO4)CN2CC=O)cc1.CCc1cc(F)cc(CC)c1CC(C)CC.CSC(=O)O. The first-order valence-corrected chi connectivity index (χ1v) is 22.4. The van der Waals surface area contributed by atoms with Crippen LogP contribution in [0.25, 0.3) is 0 Å². The fourth-order valence-corrected chi connectivity index (χ4v) is 6.71. The smallest absolute Gasteiger partial charge is 0.364 e. The number of rotatable bonds is 16. The van der Waals surface area contributed by atoms with Crippen LogP contribution in [0.4, 0.5) is 13.6 Å². The minimum Gasteiger partial charge on any atom is -0.494 e. The van der Waals surface area contributed by atoms with Crippen molar-refractivity contribution in [1.29, 1.82) is 0 Å². The third-order valence-electron chi connectivity index (χ3n) is 9.99. The van der Waals surface area contributed by atoms with E-state index in [4.69, 9.17) is 19.3 Å². The van der Waals surface area contributed by atoms with Gasteiger partial charge in [-0.25, -0.2) is 13.6 Å². The molecule has 1 fully saturated rings. The molecule has 0 radical (unpaired) electrons. The number of carboxylic acid groups (broad SMARTS) is 1. The van der Waals surface area contributed by atoms with Gasteiger partial charge in [-0.05, 0) is 146 Å². The number of aryl methyl sites for hydroxylation is 2. The lowest BCUT2D eigenvalue weighted by molar-refractivity contribution is -0.109. The highest BCUT2D eigenvalue weighted by atomic mass is 32.2. The number of ether oxygens (including phenoxy) is 3. The topological polar surface area (TPSA) is 97.3 Å². The summed E-state index contributed by atoms with van der Waals surface area (Å²) >= 11 is 0.796. The van der Waals surface area contributed by atoms with Crippen molar-refractivity contribution in [2.24, 2.45) is 5.92 Å². The van der Waals surface area contributed by atoms with Crippen LogP contribution in [0.2, 0.25) is 0 Å². The Balaban J connectivity index is 0.000000471. The molecule has 11 heteroatoms. The number of nitrogens with one attached hydrogen (secondary N) is 1. The second-order valence-electron chi connectivity index (χ2n) is 14.1. The number of likely N-dealkylation sites (tertiary alicyclic amines) is 1. The lowest BCUT2D eigenvalue weighted by Gasteiger charge is -2.22. The molecule has 3 atom stereocenters. The number of fused-ring (bicyclic) bond motifs is 1. The maximum atomic E-state index is 14.3. The zero-order chi connectivity index (χ0) is 43.5. The number of hydrogen-bond donors (Lipinski definition) is 2. The van der Waals surface area contributed by atoms with Gasteiger partial charge < -0.3 is 29.4 Å². The zero-order valence-electron chi connectivity index (χ0n) is 36.9. The fraction of sp³-hybridized carbons (Fsp3) is 0.574.